The smallest absolute Gasteiger partial charge is 0.239 e. The lowest BCUT2D eigenvalue weighted by atomic mass is 10.1. The van der Waals surface area contributed by atoms with E-state index in [4.69, 9.17) is 13.2 Å². The molecule has 0 aromatic heterocycles. The fraction of sp³-hybridized carbons (Fsp3) is 0.800. The molecule has 2 saturated heterocycles. The molecule has 6 heteroatoms. The van der Waals surface area contributed by atoms with Crippen LogP contribution in [0.1, 0.15) is 12.8 Å². The molecule has 84 valence electrons. The van der Waals surface area contributed by atoms with Gasteiger partial charge < -0.3 is 9.71 Å². The molecule has 0 bridgehead atoms. The van der Waals surface area contributed by atoms with Gasteiger partial charge in [0, 0.05) is 13.1 Å². The molecule has 2 radical (unpaired) electrons. The van der Waals surface area contributed by atoms with Crippen molar-refractivity contribution in [1.29, 1.82) is 5.26 Å². The van der Waals surface area contributed by atoms with Gasteiger partial charge in [0.05, 0.1) is 24.6 Å². The van der Waals surface area contributed by atoms with Crippen molar-refractivity contribution in [3.05, 3.63) is 0 Å². The van der Waals surface area contributed by atoms with E-state index in [1.165, 1.54) is 9.71 Å². The van der Waals surface area contributed by atoms with Crippen molar-refractivity contribution in [3.63, 3.8) is 0 Å². The van der Waals surface area contributed by atoms with E-state index in [0.717, 1.165) is 0 Å². The van der Waals surface area contributed by atoms with Gasteiger partial charge >= 0.3 is 0 Å². The number of likely N-dealkylation sites (tertiary alicyclic amines) is 1. The first kappa shape index (κ1) is 11.4. The Morgan fingerprint density at radius 1 is 1.50 bits per heavy atom. The minimum absolute atomic E-state index is 0.139. The minimum atomic E-state index is -0.914. The van der Waals surface area contributed by atoms with Gasteiger partial charge in [-0.25, -0.2) is 4.39 Å². The zero-order valence-corrected chi connectivity index (χ0v) is 8.97. The lowest BCUT2D eigenvalue weighted by molar-refractivity contribution is -0.133. The summed E-state index contributed by atoms with van der Waals surface area (Å²) in [4.78, 5) is 14.9. The third kappa shape index (κ3) is 2.05. The summed E-state index contributed by atoms with van der Waals surface area (Å²) in [7, 11) is 5.69. The third-order valence-corrected chi connectivity index (χ3v) is 3.25. The standard InChI is InChI=1S/C10H13BFN3O/c11-15-5-7(4-13)3-9(15)10(16)14-2-1-8(12)6-14/h7-9H,1-3,5-6H2. The van der Waals surface area contributed by atoms with Crippen LogP contribution in [-0.2, 0) is 4.79 Å². The molecule has 0 spiro atoms. The molecule has 0 saturated carbocycles. The van der Waals surface area contributed by atoms with Crippen LogP contribution < -0.4 is 0 Å². The maximum Gasteiger partial charge on any atom is 0.239 e. The predicted molar refractivity (Wildman–Crippen MR) is 56.1 cm³/mol. The van der Waals surface area contributed by atoms with Gasteiger partial charge in [-0.2, -0.15) is 5.26 Å². The highest BCUT2D eigenvalue weighted by molar-refractivity contribution is 6.07. The Labute approximate surface area is 95.4 Å². The van der Waals surface area contributed by atoms with Gasteiger partial charge in [-0.05, 0) is 12.8 Å². The average Bonchev–Trinajstić information content (AvgIpc) is 2.83. The molecule has 1 amide bonds. The average molecular weight is 221 g/mol. The summed E-state index contributed by atoms with van der Waals surface area (Å²) in [6.45, 7) is 1.04. The monoisotopic (exact) mass is 221 g/mol. The number of carbonyl (C=O) groups excluding carboxylic acids is 1. The lowest BCUT2D eigenvalue weighted by Gasteiger charge is -2.24. The highest BCUT2D eigenvalue weighted by Gasteiger charge is 2.38. The highest BCUT2D eigenvalue weighted by atomic mass is 19.1. The summed E-state index contributed by atoms with van der Waals surface area (Å²) in [5.74, 6) is -0.330. The van der Waals surface area contributed by atoms with Crippen LogP contribution in [0.3, 0.4) is 0 Å². The number of nitrogens with zero attached hydrogens (tertiary/aromatic N) is 3. The number of amides is 1. The molecule has 3 atom stereocenters. The number of hydrogen-bond acceptors (Lipinski definition) is 3. The Balaban J connectivity index is 1.98. The molecule has 0 aromatic carbocycles. The first-order chi connectivity index (χ1) is 7.61. The fourth-order valence-corrected chi connectivity index (χ4v) is 2.33. The second-order valence-corrected chi connectivity index (χ2v) is 4.44. The SMILES string of the molecule is [B]N1CC(C#N)CC1C(=O)N1CCC(F)C1. The maximum atomic E-state index is 13.0. The number of hydrogen-bond donors (Lipinski definition) is 0. The van der Waals surface area contributed by atoms with Crippen molar-refractivity contribution in [3.8, 4) is 6.07 Å². The molecule has 2 aliphatic rings. The summed E-state index contributed by atoms with van der Waals surface area (Å²) >= 11 is 0. The molecule has 2 fully saturated rings. The van der Waals surface area contributed by atoms with Crippen molar-refractivity contribution >= 4 is 13.9 Å². The first-order valence-electron chi connectivity index (χ1n) is 5.45. The van der Waals surface area contributed by atoms with Crippen molar-refractivity contribution in [2.45, 2.75) is 25.1 Å². The van der Waals surface area contributed by atoms with Crippen LogP contribution in [0.5, 0.6) is 0 Å². The number of alkyl halides is 1. The van der Waals surface area contributed by atoms with E-state index in [1.54, 1.807) is 0 Å². The molecule has 2 heterocycles. The summed E-state index contributed by atoms with van der Waals surface area (Å²) in [6, 6.07) is 1.66. The summed E-state index contributed by atoms with van der Waals surface area (Å²) in [5.41, 5.74) is 0. The number of nitriles is 1. The molecule has 0 N–H and O–H groups in total. The number of carbonyl (C=O) groups is 1. The second-order valence-electron chi connectivity index (χ2n) is 4.44. The van der Waals surface area contributed by atoms with Gasteiger partial charge in [0.15, 0.2) is 7.98 Å². The zero-order valence-electron chi connectivity index (χ0n) is 8.97. The zero-order chi connectivity index (χ0) is 11.7. The van der Waals surface area contributed by atoms with Crippen LogP contribution in [0.15, 0.2) is 0 Å². The van der Waals surface area contributed by atoms with E-state index in [9.17, 15) is 9.18 Å². The van der Waals surface area contributed by atoms with E-state index in [1.807, 2.05) is 0 Å². The summed E-state index contributed by atoms with van der Waals surface area (Å²) in [6.07, 6.45) is -0.0485. The van der Waals surface area contributed by atoms with E-state index in [2.05, 4.69) is 6.07 Å². The molecular weight excluding hydrogens is 208 g/mol. The van der Waals surface area contributed by atoms with Gasteiger partial charge in [-0.15, -0.1) is 0 Å². The van der Waals surface area contributed by atoms with Crippen LogP contribution in [0.2, 0.25) is 0 Å². The maximum absolute atomic E-state index is 13.0. The molecule has 2 rings (SSSR count). The normalized spacial score (nSPS) is 35.2. The largest absolute Gasteiger partial charge is 0.342 e. The van der Waals surface area contributed by atoms with Crippen LogP contribution >= 0.6 is 0 Å². The molecular formula is C10H13BFN3O. The van der Waals surface area contributed by atoms with Crippen LogP contribution in [0.4, 0.5) is 4.39 Å². The molecule has 0 aromatic rings. The van der Waals surface area contributed by atoms with E-state index < -0.39 is 12.2 Å². The Hall–Kier alpha value is -1.09. The van der Waals surface area contributed by atoms with Crippen LogP contribution in [-0.4, -0.2) is 55.4 Å². The molecule has 16 heavy (non-hydrogen) atoms. The second kappa shape index (κ2) is 4.42. The summed E-state index contributed by atoms with van der Waals surface area (Å²) in [5, 5.41) is 8.77. The minimum Gasteiger partial charge on any atom is -0.342 e. The fourth-order valence-electron chi connectivity index (χ4n) is 2.33. The van der Waals surface area contributed by atoms with Crippen molar-refractivity contribution < 1.29 is 9.18 Å². The van der Waals surface area contributed by atoms with Gasteiger partial charge in [-0.1, -0.05) is 0 Å². The van der Waals surface area contributed by atoms with E-state index >= 15 is 0 Å². The quantitative estimate of drug-likeness (QED) is 0.578. The number of rotatable bonds is 1. The molecule has 2 aliphatic heterocycles. The van der Waals surface area contributed by atoms with Crippen molar-refractivity contribution in [2.24, 2.45) is 5.92 Å². The van der Waals surface area contributed by atoms with E-state index in [-0.39, 0.29) is 18.4 Å². The predicted octanol–water partition coefficient (Wildman–Crippen LogP) is -0.146. The number of halogens is 1. The molecule has 4 nitrogen and oxygen atoms in total. The Morgan fingerprint density at radius 2 is 2.25 bits per heavy atom. The first-order valence-corrected chi connectivity index (χ1v) is 5.45. The van der Waals surface area contributed by atoms with Gasteiger partial charge in [0.2, 0.25) is 5.91 Å². The highest BCUT2D eigenvalue weighted by Crippen LogP contribution is 2.24. The topological polar surface area (TPSA) is 47.3 Å². The van der Waals surface area contributed by atoms with Gasteiger partial charge in [0.1, 0.15) is 6.17 Å². The van der Waals surface area contributed by atoms with E-state index in [0.29, 0.717) is 25.9 Å². The third-order valence-electron chi connectivity index (χ3n) is 3.25. The van der Waals surface area contributed by atoms with Crippen LogP contribution in [0, 0.1) is 17.2 Å². The summed E-state index contributed by atoms with van der Waals surface area (Å²) < 4.78 is 13.0. The van der Waals surface area contributed by atoms with Crippen molar-refractivity contribution in [2.75, 3.05) is 19.6 Å². The van der Waals surface area contributed by atoms with Gasteiger partial charge in [-0.3, -0.25) is 4.79 Å². The van der Waals surface area contributed by atoms with Gasteiger partial charge in [0.25, 0.3) is 0 Å². The van der Waals surface area contributed by atoms with Crippen molar-refractivity contribution in [1.82, 2.24) is 9.71 Å². The lowest BCUT2D eigenvalue weighted by Crippen LogP contribution is -2.43. The molecule has 0 aliphatic carbocycles. The Morgan fingerprint density at radius 3 is 2.75 bits per heavy atom. The Bertz CT molecular complexity index is 333. The van der Waals surface area contributed by atoms with Crippen LogP contribution in [0.25, 0.3) is 0 Å². The Kier molecular flexibility index (Phi) is 3.15. The molecule has 3 unspecified atom stereocenters.